The maximum Gasteiger partial charge on any atom is 0.270 e. The van der Waals surface area contributed by atoms with Crippen molar-refractivity contribution in [2.24, 2.45) is 0 Å². The highest BCUT2D eigenvalue weighted by Crippen LogP contribution is 2.60. The number of amides is 2. The molecule has 4 heteroatoms. The monoisotopic (exact) mass is 467 g/mol. The van der Waals surface area contributed by atoms with Crippen molar-refractivity contribution in [1.29, 1.82) is 0 Å². The Bertz CT molecular complexity index is 1230. The van der Waals surface area contributed by atoms with Crippen LogP contribution >= 0.6 is 0 Å². The van der Waals surface area contributed by atoms with Crippen LogP contribution in [0.15, 0.2) is 78.9 Å². The van der Waals surface area contributed by atoms with Crippen molar-refractivity contribution in [3.63, 3.8) is 0 Å². The first kappa shape index (κ1) is 23.5. The molecule has 3 aliphatic heterocycles. The molecule has 2 bridgehead atoms. The number of nitrogens with zero attached hydrogens (tertiary/aromatic N) is 1. The van der Waals surface area contributed by atoms with Crippen LogP contribution in [-0.4, -0.2) is 11.8 Å². The fraction of sp³-hybridized carbons (Fsp3) is 0.355. The van der Waals surface area contributed by atoms with E-state index in [1.807, 2.05) is 66.7 Å². The molecule has 0 spiro atoms. The minimum Gasteiger partial charge on any atom is -0.339 e. The van der Waals surface area contributed by atoms with Gasteiger partial charge in [0.15, 0.2) is 11.2 Å². The standard InChI is InChI=1S/C31H33NO3/c1-28(2,3)23-17-18-24(29(4,5)6)25(19-23)32-26(33)30(21-13-9-7-10-14-21)20-31(35-30,27(32)34)22-15-11-8-12-16-22/h7-19H,20H2,1-6H3/t30-,31+. The molecule has 3 fully saturated rings. The number of carbonyl (C=O) groups excluding carboxylic acids is 2. The molecule has 0 radical (unpaired) electrons. The highest BCUT2D eigenvalue weighted by Gasteiger charge is 2.73. The van der Waals surface area contributed by atoms with Crippen LogP contribution in [0.2, 0.25) is 0 Å². The maximum atomic E-state index is 14.3. The number of carbonyl (C=O) groups is 2. The van der Waals surface area contributed by atoms with E-state index in [-0.39, 0.29) is 22.6 Å². The molecule has 4 nitrogen and oxygen atoms in total. The summed E-state index contributed by atoms with van der Waals surface area (Å²) >= 11 is 0. The number of imide groups is 1. The zero-order valence-electron chi connectivity index (χ0n) is 21.4. The summed E-state index contributed by atoms with van der Waals surface area (Å²) < 4.78 is 6.48. The molecule has 3 aliphatic rings. The van der Waals surface area contributed by atoms with Crippen LogP contribution in [0.5, 0.6) is 0 Å². The van der Waals surface area contributed by atoms with E-state index in [9.17, 15) is 9.59 Å². The summed E-state index contributed by atoms with van der Waals surface area (Å²) in [6.45, 7) is 12.7. The van der Waals surface area contributed by atoms with Crippen molar-refractivity contribution in [2.45, 2.75) is 70.0 Å². The molecule has 2 atom stereocenters. The highest BCUT2D eigenvalue weighted by atomic mass is 16.6. The van der Waals surface area contributed by atoms with Gasteiger partial charge in [-0.2, -0.15) is 0 Å². The second-order valence-corrected chi connectivity index (χ2v) is 11.8. The third kappa shape index (κ3) is 3.46. The lowest BCUT2D eigenvalue weighted by Gasteiger charge is -2.60. The van der Waals surface area contributed by atoms with Crippen LogP contribution in [-0.2, 0) is 36.4 Å². The van der Waals surface area contributed by atoms with E-state index in [2.05, 4.69) is 53.7 Å². The first-order chi connectivity index (χ1) is 16.4. The third-order valence-corrected chi connectivity index (χ3v) is 7.34. The molecule has 35 heavy (non-hydrogen) atoms. The first-order valence-corrected chi connectivity index (χ1v) is 12.3. The van der Waals surface area contributed by atoms with E-state index >= 15 is 0 Å². The molecular formula is C31H33NO3. The average molecular weight is 468 g/mol. The van der Waals surface area contributed by atoms with Crippen LogP contribution in [0, 0.1) is 0 Å². The SMILES string of the molecule is CC(C)(C)c1ccc(C(C)(C)C)c(N2C(=O)[C@]3(c4ccccc4)C[C@@](c4ccccc4)(O3)C2=O)c1. The first-order valence-electron chi connectivity index (χ1n) is 12.3. The van der Waals surface area contributed by atoms with E-state index < -0.39 is 11.2 Å². The van der Waals surface area contributed by atoms with Gasteiger partial charge in [0.05, 0.1) is 5.69 Å². The second kappa shape index (κ2) is 7.63. The summed E-state index contributed by atoms with van der Waals surface area (Å²) in [6, 6.07) is 25.3. The van der Waals surface area contributed by atoms with Gasteiger partial charge in [-0.15, -0.1) is 0 Å². The number of ether oxygens (including phenoxy) is 1. The Morgan fingerprint density at radius 3 is 1.54 bits per heavy atom. The van der Waals surface area contributed by atoms with Gasteiger partial charge in [-0.1, -0.05) is 114 Å². The zero-order valence-corrected chi connectivity index (χ0v) is 21.4. The van der Waals surface area contributed by atoms with Gasteiger partial charge in [0, 0.05) is 6.42 Å². The largest absolute Gasteiger partial charge is 0.339 e. The molecule has 0 aliphatic carbocycles. The summed E-state index contributed by atoms with van der Waals surface area (Å²) in [5, 5.41) is 0. The molecule has 0 unspecified atom stereocenters. The van der Waals surface area contributed by atoms with Gasteiger partial charge in [-0.3, -0.25) is 9.59 Å². The van der Waals surface area contributed by atoms with Gasteiger partial charge < -0.3 is 4.74 Å². The molecule has 3 heterocycles. The van der Waals surface area contributed by atoms with Gasteiger partial charge >= 0.3 is 0 Å². The number of hydrogen-bond acceptors (Lipinski definition) is 3. The third-order valence-electron chi connectivity index (χ3n) is 7.34. The van der Waals surface area contributed by atoms with Crippen molar-refractivity contribution in [1.82, 2.24) is 0 Å². The Kier molecular flexibility index (Phi) is 5.12. The van der Waals surface area contributed by atoms with Crippen molar-refractivity contribution in [3.8, 4) is 0 Å². The lowest BCUT2D eigenvalue weighted by molar-refractivity contribution is -0.273. The number of rotatable bonds is 3. The van der Waals surface area contributed by atoms with Gasteiger partial charge in [0.1, 0.15) is 0 Å². The molecule has 180 valence electrons. The minimum absolute atomic E-state index is 0.138. The quantitative estimate of drug-likeness (QED) is 0.421. The molecule has 3 saturated heterocycles. The van der Waals surface area contributed by atoms with Crippen LogP contribution in [0.1, 0.15) is 70.2 Å². The van der Waals surface area contributed by atoms with E-state index in [4.69, 9.17) is 4.74 Å². The highest BCUT2D eigenvalue weighted by molar-refractivity contribution is 6.25. The van der Waals surface area contributed by atoms with Crippen molar-refractivity contribution in [3.05, 3.63) is 101 Å². The lowest BCUT2D eigenvalue weighted by Crippen LogP contribution is -2.75. The Morgan fingerprint density at radius 2 is 1.14 bits per heavy atom. The number of fused-ring (bicyclic) bond motifs is 2. The van der Waals surface area contributed by atoms with Gasteiger partial charge in [-0.25, -0.2) is 4.90 Å². The molecule has 0 aromatic heterocycles. The predicted octanol–water partition coefficient (Wildman–Crippen LogP) is 6.37. The fourth-order valence-electron chi connectivity index (χ4n) is 5.35. The predicted molar refractivity (Wildman–Crippen MR) is 138 cm³/mol. The van der Waals surface area contributed by atoms with Gasteiger partial charge in [0.25, 0.3) is 11.8 Å². The van der Waals surface area contributed by atoms with Crippen LogP contribution in [0.3, 0.4) is 0 Å². The zero-order chi connectivity index (χ0) is 25.2. The second-order valence-electron chi connectivity index (χ2n) is 11.8. The molecule has 3 aromatic carbocycles. The Labute approximate surface area is 207 Å². The molecule has 0 saturated carbocycles. The number of benzene rings is 3. The van der Waals surface area contributed by atoms with Crippen molar-refractivity contribution in [2.75, 3.05) is 4.90 Å². The van der Waals surface area contributed by atoms with E-state index in [0.29, 0.717) is 12.1 Å². The fourth-order valence-corrected chi connectivity index (χ4v) is 5.35. The number of hydrogen-bond donors (Lipinski definition) is 0. The Balaban J connectivity index is 1.75. The summed E-state index contributed by atoms with van der Waals surface area (Å²) in [5.41, 5.74) is 1.44. The lowest BCUT2D eigenvalue weighted by atomic mass is 9.66. The van der Waals surface area contributed by atoms with Crippen LogP contribution in [0.25, 0.3) is 0 Å². The number of piperidine rings is 1. The molecular weight excluding hydrogens is 434 g/mol. The van der Waals surface area contributed by atoms with Crippen LogP contribution < -0.4 is 4.90 Å². The molecule has 3 aromatic rings. The van der Waals surface area contributed by atoms with Gasteiger partial charge in [0.2, 0.25) is 0 Å². The number of morpholine rings is 1. The molecule has 6 rings (SSSR count). The van der Waals surface area contributed by atoms with Crippen molar-refractivity contribution >= 4 is 17.5 Å². The Hall–Kier alpha value is -3.24. The van der Waals surface area contributed by atoms with E-state index in [1.165, 1.54) is 4.90 Å². The average Bonchev–Trinajstić information content (AvgIpc) is 2.78. The van der Waals surface area contributed by atoms with E-state index in [1.54, 1.807) is 0 Å². The maximum absolute atomic E-state index is 14.3. The molecule has 0 N–H and O–H groups in total. The summed E-state index contributed by atoms with van der Waals surface area (Å²) in [4.78, 5) is 30.0. The van der Waals surface area contributed by atoms with Gasteiger partial charge in [-0.05, 0) is 39.2 Å². The Morgan fingerprint density at radius 1 is 0.686 bits per heavy atom. The normalized spacial score (nSPS) is 24.3. The topological polar surface area (TPSA) is 46.6 Å². The van der Waals surface area contributed by atoms with Crippen molar-refractivity contribution < 1.29 is 14.3 Å². The molecule has 2 amide bonds. The number of anilines is 1. The summed E-state index contributed by atoms with van der Waals surface area (Å²) in [6.07, 6.45) is 0.298. The summed E-state index contributed by atoms with van der Waals surface area (Å²) in [7, 11) is 0. The summed E-state index contributed by atoms with van der Waals surface area (Å²) in [5.74, 6) is -0.633. The smallest absolute Gasteiger partial charge is 0.270 e. The van der Waals surface area contributed by atoms with Crippen LogP contribution in [0.4, 0.5) is 5.69 Å². The minimum atomic E-state index is -1.20. The van der Waals surface area contributed by atoms with E-state index in [0.717, 1.165) is 22.3 Å².